The van der Waals surface area contributed by atoms with Gasteiger partial charge >= 0.3 is 0 Å². The Morgan fingerprint density at radius 1 is 0.750 bits per heavy atom. The van der Waals surface area contributed by atoms with Gasteiger partial charge in [0, 0.05) is 0 Å². The minimum atomic E-state index is 1.10. The highest BCUT2D eigenvalue weighted by Crippen LogP contribution is 2.37. The number of allylic oxidation sites excluding steroid dienone is 4. The maximum Gasteiger partial charge on any atom is -0.00133 e. The second kappa shape index (κ2) is 8.15. The molecule has 0 saturated carbocycles. The van der Waals surface area contributed by atoms with Gasteiger partial charge in [0.1, 0.15) is 0 Å². The molecule has 2 aromatic rings. The maximum atomic E-state index is 2.44. The largest absolute Gasteiger partial charge is 0.0917 e. The van der Waals surface area contributed by atoms with Gasteiger partial charge in [-0.25, -0.2) is 0 Å². The summed E-state index contributed by atoms with van der Waals surface area (Å²) >= 11 is 0. The van der Waals surface area contributed by atoms with Gasteiger partial charge in [0.25, 0.3) is 0 Å². The number of fused-ring (bicyclic) bond motifs is 3. The molecule has 0 atom stereocenters. The van der Waals surface area contributed by atoms with Gasteiger partial charge in [0.2, 0.25) is 0 Å². The van der Waals surface area contributed by atoms with Crippen molar-refractivity contribution >= 4 is 0 Å². The molecule has 0 N–H and O–H groups in total. The molecule has 2 aromatic carbocycles. The summed E-state index contributed by atoms with van der Waals surface area (Å²) in [5, 5.41) is 0. The molecular formula is C24H28. The van der Waals surface area contributed by atoms with E-state index in [9.17, 15) is 0 Å². The summed E-state index contributed by atoms with van der Waals surface area (Å²) in [5.74, 6) is 0. The van der Waals surface area contributed by atoms with Crippen LogP contribution in [0.15, 0.2) is 60.7 Å². The Bertz CT molecular complexity index is 747. The van der Waals surface area contributed by atoms with Crippen molar-refractivity contribution in [1.82, 2.24) is 0 Å². The Morgan fingerprint density at radius 3 is 1.96 bits per heavy atom. The summed E-state index contributed by atoms with van der Waals surface area (Å²) in [6, 6.07) is 14.2. The Morgan fingerprint density at radius 2 is 1.33 bits per heavy atom. The first-order valence-electron chi connectivity index (χ1n) is 9.28. The summed E-state index contributed by atoms with van der Waals surface area (Å²) in [6.07, 6.45) is 15.8. The van der Waals surface area contributed by atoms with E-state index in [0.717, 1.165) is 19.3 Å². The van der Waals surface area contributed by atoms with E-state index in [0.29, 0.717) is 0 Å². The summed E-state index contributed by atoms with van der Waals surface area (Å²) in [5.41, 5.74) is 8.86. The van der Waals surface area contributed by atoms with Crippen molar-refractivity contribution in [3.8, 4) is 11.1 Å². The monoisotopic (exact) mass is 316 g/mol. The molecule has 124 valence electrons. The lowest BCUT2D eigenvalue weighted by molar-refractivity contribution is 0.841. The number of hydrogen-bond acceptors (Lipinski definition) is 0. The van der Waals surface area contributed by atoms with Crippen LogP contribution in [0, 0.1) is 0 Å². The van der Waals surface area contributed by atoms with Crippen molar-refractivity contribution in [2.24, 2.45) is 0 Å². The second-order valence-corrected chi connectivity index (χ2v) is 6.73. The Hall–Kier alpha value is -2.08. The molecule has 0 heteroatoms. The number of rotatable bonds is 7. The summed E-state index contributed by atoms with van der Waals surface area (Å²) in [6.45, 7) is 4.19. The first-order chi connectivity index (χ1) is 11.8. The minimum absolute atomic E-state index is 1.10. The van der Waals surface area contributed by atoms with Crippen LogP contribution in [0.25, 0.3) is 11.1 Å². The minimum Gasteiger partial charge on any atom is -0.0917 e. The third kappa shape index (κ3) is 3.87. The van der Waals surface area contributed by atoms with Crippen molar-refractivity contribution < 1.29 is 0 Å². The molecule has 0 bridgehead atoms. The van der Waals surface area contributed by atoms with E-state index in [1.165, 1.54) is 52.6 Å². The second-order valence-electron chi connectivity index (χ2n) is 6.73. The lowest BCUT2D eigenvalue weighted by Crippen LogP contribution is -1.88. The van der Waals surface area contributed by atoms with Crippen molar-refractivity contribution in [3.63, 3.8) is 0 Å². The van der Waals surface area contributed by atoms with Crippen molar-refractivity contribution in [3.05, 3.63) is 83.0 Å². The predicted molar refractivity (Wildman–Crippen MR) is 106 cm³/mol. The van der Waals surface area contributed by atoms with Crippen LogP contribution < -0.4 is 0 Å². The Labute approximate surface area is 146 Å². The predicted octanol–water partition coefficient (Wildman–Crippen LogP) is 6.67. The average molecular weight is 316 g/mol. The van der Waals surface area contributed by atoms with Crippen molar-refractivity contribution in [2.45, 2.75) is 52.4 Å². The number of benzene rings is 2. The van der Waals surface area contributed by atoms with Crippen LogP contribution in [0.4, 0.5) is 0 Å². The van der Waals surface area contributed by atoms with Crippen molar-refractivity contribution in [2.75, 3.05) is 0 Å². The Balaban J connectivity index is 1.71. The van der Waals surface area contributed by atoms with E-state index >= 15 is 0 Å². The molecule has 1 aliphatic rings. The third-order valence-electron chi connectivity index (χ3n) is 4.92. The van der Waals surface area contributed by atoms with Gasteiger partial charge in [0.15, 0.2) is 0 Å². The van der Waals surface area contributed by atoms with Crippen LogP contribution >= 0.6 is 0 Å². The van der Waals surface area contributed by atoms with E-state index < -0.39 is 0 Å². The molecule has 0 aliphatic heterocycles. The van der Waals surface area contributed by atoms with Gasteiger partial charge < -0.3 is 0 Å². The molecule has 0 heterocycles. The number of unbranched alkanes of at least 4 members (excludes halogenated alkanes) is 1. The van der Waals surface area contributed by atoms with Crippen LogP contribution in [0.5, 0.6) is 0 Å². The molecule has 0 unspecified atom stereocenters. The highest BCUT2D eigenvalue weighted by Gasteiger charge is 2.18. The summed E-state index contributed by atoms with van der Waals surface area (Å²) in [7, 11) is 0. The zero-order valence-electron chi connectivity index (χ0n) is 15.0. The highest BCUT2D eigenvalue weighted by molar-refractivity contribution is 5.77. The standard InChI is InChI=1S/C24H28/c1-3-5-7-9-11-20-13-15-24-22(17-20)18-21-16-19(10-8-6-4-2)12-14-23(21)24/h3-6,12-17H,7-11,18H2,1-2H3/b5-3+,6-4+. The maximum absolute atomic E-state index is 2.44. The molecule has 0 aromatic heterocycles. The third-order valence-corrected chi connectivity index (χ3v) is 4.92. The SMILES string of the molecule is C/C=C/CCCc1ccc2c(c1)Cc1cc(CC/C=C/C)ccc1-2. The molecule has 0 fully saturated rings. The Kier molecular flexibility index (Phi) is 5.69. The molecule has 0 radical (unpaired) electrons. The van der Waals surface area contributed by atoms with Gasteiger partial charge in [0.05, 0.1) is 0 Å². The molecule has 24 heavy (non-hydrogen) atoms. The van der Waals surface area contributed by atoms with Gasteiger partial charge in [-0.1, -0.05) is 60.7 Å². The van der Waals surface area contributed by atoms with E-state index in [2.05, 4.69) is 74.5 Å². The molecule has 0 nitrogen and oxygen atoms in total. The smallest absolute Gasteiger partial charge is 0.00133 e. The number of hydrogen-bond donors (Lipinski definition) is 0. The molecular weight excluding hydrogens is 288 g/mol. The van der Waals surface area contributed by atoms with Crippen molar-refractivity contribution in [1.29, 1.82) is 0 Å². The van der Waals surface area contributed by atoms with Crippen LogP contribution in [0.3, 0.4) is 0 Å². The topological polar surface area (TPSA) is 0 Å². The molecule has 1 aliphatic carbocycles. The van der Waals surface area contributed by atoms with E-state index in [-0.39, 0.29) is 0 Å². The highest BCUT2D eigenvalue weighted by atomic mass is 14.2. The lowest BCUT2D eigenvalue weighted by Gasteiger charge is -2.05. The van der Waals surface area contributed by atoms with Crippen LogP contribution in [0.2, 0.25) is 0 Å². The van der Waals surface area contributed by atoms with Crippen LogP contribution in [-0.2, 0) is 19.3 Å². The van der Waals surface area contributed by atoms with Crippen LogP contribution in [0.1, 0.15) is 55.4 Å². The fourth-order valence-corrected chi connectivity index (χ4v) is 3.64. The zero-order valence-corrected chi connectivity index (χ0v) is 15.0. The molecule has 0 saturated heterocycles. The molecule has 3 rings (SSSR count). The quantitative estimate of drug-likeness (QED) is 0.337. The van der Waals surface area contributed by atoms with E-state index in [1.807, 2.05) is 0 Å². The first-order valence-corrected chi connectivity index (χ1v) is 9.28. The average Bonchev–Trinajstić information content (AvgIpc) is 2.96. The molecule has 0 spiro atoms. The van der Waals surface area contributed by atoms with E-state index in [1.54, 1.807) is 0 Å². The zero-order chi connectivity index (χ0) is 16.8. The van der Waals surface area contributed by atoms with Gasteiger partial charge in [-0.3, -0.25) is 0 Å². The molecule has 0 amide bonds. The number of aryl methyl sites for hydroxylation is 2. The van der Waals surface area contributed by atoms with Gasteiger partial charge in [-0.15, -0.1) is 0 Å². The van der Waals surface area contributed by atoms with Gasteiger partial charge in [-0.2, -0.15) is 0 Å². The fraction of sp³-hybridized carbons (Fsp3) is 0.333. The lowest BCUT2D eigenvalue weighted by atomic mass is 9.99. The van der Waals surface area contributed by atoms with Crippen LogP contribution in [-0.4, -0.2) is 0 Å². The fourth-order valence-electron chi connectivity index (χ4n) is 3.64. The summed E-state index contributed by atoms with van der Waals surface area (Å²) < 4.78 is 0. The van der Waals surface area contributed by atoms with Gasteiger partial charge in [-0.05, 0) is 85.8 Å². The van der Waals surface area contributed by atoms with E-state index in [4.69, 9.17) is 0 Å². The first kappa shape index (κ1) is 16.8. The summed E-state index contributed by atoms with van der Waals surface area (Å²) in [4.78, 5) is 0. The normalized spacial score (nSPS) is 12.9.